The van der Waals surface area contributed by atoms with Gasteiger partial charge in [0.1, 0.15) is 0 Å². The Morgan fingerprint density at radius 1 is 1.15 bits per heavy atom. The van der Waals surface area contributed by atoms with Crippen LogP contribution in [0.3, 0.4) is 0 Å². The van der Waals surface area contributed by atoms with Crippen LogP contribution in [0.5, 0.6) is 0 Å². The Kier molecular flexibility index (Phi) is 7.84. The number of nitrogens with one attached hydrogen (secondary N) is 2. The van der Waals surface area contributed by atoms with E-state index in [1.165, 1.54) is 60.5 Å². The lowest BCUT2D eigenvalue weighted by Crippen LogP contribution is -2.40. The first-order chi connectivity index (χ1) is 13.0. The number of rotatable bonds is 10. The number of nitrogens with zero attached hydrogens (tertiary/aromatic N) is 2. The van der Waals surface area contributed by atoms with Gasteiger partial charge in [-0.1, -0.05) is 48.2 Å². The molecule has 4 unspecified atom stereocenters. The van der Waals surface area contributed by atoms with Crippen molar-refractivity contribution in [1.29, 1.82) is 0 Å². The third-order valence-corrected chi connectivity index (χ3v) is 8.63. The first-order valence-corrected chi connectivity index (χ1v) is 12.5. The first-order valence-electron chi connectivity index (χ1n) is 9.70. The Morgan fingerprint density at radius 3 is 2.44 bits per heavy atom. The van der Waals surface area contributed by atoms with E-state index in [1.54, 1.807) is 0 Å². The molecule has 2 amide bonds. The average molecular weight is 429 g/mol. The summed E-state index contributed by atoms with van der Waals surface area (Å²) in [7, 11) is 0. The van der Waals surface area contributed by atoms with E-state index in [-0.39, 0.29) is 17.9 Å². The lowest BCUT2D eigenvalue weighted by atomic mass is 9.84. The van der Waals surface area contributed by atoms with Gasteiger partial charge in [-0.25, -0.2) is 0 Å². The second-order valence-electron chi connectivity index (χ2n) is 7.46. The third-order valence-electron chi connectivity index (χ3n) is 5.44. The predicted molar refractivity (Wildman–Crippen MR) is 111 cm³/mol. The summed E-state index contributed by atoms with van der Waals surface area (Å²) < 4.78 is 1.54. The molecule has 9 heteroatoms. The summed E-state index contributed by atoms with van der Waals surface area (Å²) in [5.41, 5.74) is 0. The van der Waals surface area contributed by atoms with Crippen molar-refractivity contribution in [2.24, 2.45) is 17.8 Å². The molecule has 1 aromatic heterocycles. The number of amides is 2. The van der Waals surface area contributed by atoms with Crippen molar-refractivity contribution < 1.29 is 9.59 Å². The maximum absolute atomic E-state index is 12.3. The van der Waals surface area contributed by atoms with E-state index in [9.17, 15) is 9.59 Å². The molecule has 2 bridgehead atoms. The predicted octanol–water partition coefficient (Wildman–Crippen LogP) is 3.19. The zero-order valence-electron chi connectivity index (χ0n) is 15.9. The molecule has 2 fully saturated rings. The van der Waals surface area contributed by atoms with Gasteiger partial charge < -0.3 is 10.6 Å². The SMILES string of the molecule is CCCNC(=O)CSc1nnc(SCC(=O)NC(C)C2CC3CCC2C3)s1. The number of carbonyl (C=O) groups is 2. The van der Waals surface area contributed by atoms with Gasteiger partial charge in [0.25, 0.3) is 0 Å². The van der Waals surface area contributed by atoms with Crippen LogP contribution in [0.2, 0.25) is 0 Å². The summed E-state index contributed by atoms with van der Waals surface area (Å²) in [5, 5.41) is 14.2. The van der Waals surface area contributed by atoms with Gasteiger partial charge in [-0.2, -0.15) is 0 Å². The van der Waals surface area contributed by atoms with Crippen LogP contribution in [-0.2, 0) is 9.59 Å². The lowest BCUT2D eigenvalue weighted by molar-refractivity contribution is -0.120. The second-order valence-corrected chi connectivity index (χ2v) is 10.9. The molecule has 0 saturated heterocycles. The number of thioether (sulfide) groups is 2. The standard InChI is InChI=1S/C18H28N4O2S3/c1-3-6-19-15(23)9-25-17-21-22-18(27-17)26-10-16(24)20-11(2)14-8-12-4-5-13(14)7-12/h11-14H,3-10H2,1-2H3,(H,19,23)(H,20,24). The van der Waals surface area contributed by atoms with Crippen molar-refractivity contribution >= 4 is 46.7 Å². The molecule has 0 aromatic carbocycles. The van der Waals surface area contributed by atoms with Crippen molar-refractivity contribution in [2.75, 3.05) is 18.1 Å². The fourth-order valence-corrected chi connectivity index (χ4v) is 6.85. The van der Waals surface area contributed by atoms with Gasteiger partial charge in [-0.05, 0) is 50.4 Å². The number of fused-ring (bicyclic) bond motifs is 2. The Morgan fingerprint density at radius 2 is 1.85 bits per heavy atom. The minimum absolute atomic E-state index is 0.0141. The molecule has 3 rings (SSSR count). The molecular formula is C18H28N4O2S3. The van der Waals surface area contributed by atoms with Crippen molar-refractivity contribution in [2.45, 2.75) is 60.7 Å². The monoisotopic (exact) mass is 428 g/mol. The van der Waals surface area contributed by atoms with Crippen LogP contribution < -0.4 is 10.6 Å². The minimum atomic E-state index is 0.0141. The molecule has 0 aliphatic heterocycles. The molecule has 27 heavy (non-hydrogen) atoms. The zero-order valence-corrected chi connectivity index (χ0v) is 18.4. The molecule has 150 valence electrons. The molecule has 2 aliphatic carbocycles. The molecule has 1 aromatic rings. The van der Waals surface area contributed by atoms with E-state index in [1.807, 2.05) is 6.92 Å². The maximum atomic E-state index is 12.3. The van der Waals surface area contributed by atoms with Crippen molar-refractivity contribution in [3.05, 3.63) is 0 Å². The summed E-state index contributed by atoms with van der Waals surface area (Å²) in [4.78, 5) is 23.9. The van der Waals surface area contributed by atoms with E-state index < -0.39 is 0 Å². The topological polar surface area (TPSA) is 84.0 Å². The fourth-order valence-electron chi connectivity index (χ4n) is 4.19. The Bertz CT molecular complexity index is 654. The molecule has 2 N–H and O–H groups in total. The van der Waals surface area contributed by atoms with Crippen LogP contribution in [0.25, 0.3) is 0 Å². The van der Waals surface area contributed by atoms with Gasteiger partial charge in [0, 0.05) is 12.6 Å². The summed E-state index contributed by atoms with van der Waals surface area (Å²) >= 11 is 4.24. The third kappa shape index (κ3) is 6.09. The Hall–Kier alpha value is -0.800. The van der Waals surface area contributed by atoms with Gasteiger partial charge in [0.15, 0.2) is 8.68 Å². The van der Waals surface area contributed by atoms with Gasteiger partial charge in [0.2, 0.25) is 11.8 Å². The van der Waals surface area contributed by atoms with Gasteiger partial charge >= 0.3 is 0 Å². The van der Waals surface area contributed by atoms with Gasteiger partial charge in [0.05, 0.1) is 11.5 Å². The van der Waals surface area contributed by atoms with Crippen molar-refractivity contribution in [3.8, 4) is 0 Å². The van der Waals surface area contributed by atoms with E-state index in [0.717, 1.165) is 26.9 Å². The highest BCUT2D eigenvalue weighted by Gasteiger charge is 2.42. The number of hydrogen-bond acceptors (Lipinski definition) is 7. The summed E-state index contributed by atoms with van der Waals surface area (Å²) in [6.45, 7) is 4.88. The average Bonchev–Trinajstić information content (AvgIpc) is 3.39. The summed E-state index contributed by atoms with van der Waals surface area (Å²) in [5.74, 6) is 3.16. The Balaban J connectivity index is 1.35. The molecule has 0 radical (unpaired) electrons. The highest BCUT2D eigenvalue weighted by molar-refractivity contribution is 8.03. The zero-order chi connectivity index (χ0) is 19.2. The molecular weight excluding hydrogens is 400 g/mol. The molecule has 4 atom stereocenters. The van der Waals surface area contributed by atoms with Crippen LogP contribution in [0.4, 0.5) is 0 Å². The van der Waals surface area contributed by atoms with Crippen molar-refractivity contribution in [3.63, 3.8) is 0 Å². The molecule has 0 spiro atoms. The number of hydrogen-bond donors (Lipinski definition) is 2. The van der Waals surface area contributed by atoms with Crippen LogP contribution in [0.15, 0.2) is 8.68 Å². The first kappa shape index (κ1) is 20.9. The molecule has 6 nitrogen and oxygen atoms in total. The minimum Gasteiger partial charge on any atom is -0.355 e. The van der Waals surface area contributed by atoms with E-state index in [4.69, 9.17) is 0 Å². The summed E-state index contributed by atoms with van der Waals surface area (Å²) in [6.07, 6.45) is 6.30. The fraction of sp³-hybridized carbons (Fsp3) is 0.778. The lowest BCUT2D eigenvalue weighted by Gasteiger charge is -2.28. The number of carbonyl (C=O) groups excluding carboxylic acids is 2. The van der Waals surface area contributed by atoms with Gasteiger partial charge in [-0.3, -0.25) is 9.59 Å². The van der Waals surface area contributed by atoms with Gasteiger partial charge in [-0.15, -0.1) is 10.2 Å². The largest absolute Gasteiger partial charge is 0.355 e. The van der Waals surface area contributed by atoms with Crippen LogP contribution in [-0.4, -0.2) is 46.1 Å². The summed E-state index contributed by atoms with van der Waals surface area (Å²) in [6, 6.07) is 0.260. The molecule has 2 saturated carbocycles. The highest BCUT2D eigenvalue weighted by Crippen LogP contribution is 2.49. The maximum Gasteiger partial charge on any atom is 0.230 e. The van der Waals surface area contributed by atoms with Crippen molar-refractivity contribution in [1.82, 2.24) is 20.8 Å². The molecule has 2 aliphatic rings. The van der Waals surface area contributed by atoms with Crippen LogP contribution in [0.1, 0.15) is 46.0 Å². The Labute approximate surface area is 173 Å². The van der Waals surface area contributed by atoms with E-state index >= 15 is 0 Å². The highest BCUT2D eigenvalue weighted by atomic mass is 32.2. The smallest absolute Gasteiger partial charge is 0.230 e. The number of aromatic nitrogens is 2. The van der Waals surface area contributed by atoms with Crippen LogP contribution in [0, 0.1) is 17.8 Å². The normalized spacial score (nSPS) is 24.7. The van der Waals surface area contributed by atoms with Crippen LogP contribution >= 0.6 is 34.9 Å². The quantitative estimate of drug-likeness (QED) is 0.557. The van der Waals surface area contributed by atoms with E-state index in [2.05, 4.69) is 27.8 Å². The second kappa shape index (κ2) is 10.1. The van der Waals surface area contributed by atoms with E-state index in [0.29, 0.717) is 24.0 Å². The molecule has 1 heterocycles.